The number of nitrogens with zero attached hydrogens (tertiary/aromatic N) is 1. The lowest BCUT2D eigenvalue weighted by atomic mass is 10.1. The predicted molar refractivity (Wildman–Crippen MR) is 138 cm³/mol. The van der Waals surface area contributed by atoms with E-state index >= 15 is 0 Å². The third kappa shape index (κ3) is 6.43. The average Bonchev–Trinajstić information content (AvgIpc) is 2.79. The maximum atomic E-state index is 13.1. The second-order valence-corrected chi connectivity index (χ2v) is 8.99. The summed E-state index contributed by atoms with van der Waals surface area (Å²) in [6, 6.07) is 18.8. The quantitative estimate of drug-likeness (QED) is 0.188. The number of carbonyl (C=O) groups is 1. The monoisotopic (exact) mass is 654 g/mol. The van der Waals surface area contributed by atoms with Crippen molar-refractivity contribution < 1.29 is 18.7 Å². The Bertz CT molecular complexity index is 1190. The molecule has 0 aromatic heterocycles. The van der Waals surface area contributed by atoms with Gasteiger partial charge in [-0.2, -0.15) is 5.26 Å². The fraction of sp³-hybridized carbons (Fsp3) is 0.0833. The molecule has 0 spiro atoms. The van der Waals surface area contributed by atoms with E-state index in [4.69, 9.17) is 9.47 Å². The zero-order valence-electron chi connectivity index (χ0n) is 16.9. The molecule has 0 fully saturated rings. The van der Waals surface area contributed by atoms with Gasteiger partial charge in [0.25, 0.3) is 5.91 Å². The summed E-state index contributed by atoms with van der Waals surface area (Å²) in [6.07, 6.45) is 1.50. The van der Waals surface area contributed by atoms with E-state index in [1.807, 2.05) is 18.2 Å². The van der Waals surface area contributed by atoms with Crippen molar-refractivity contribution in [2.24, 2.45) is 0 Å². The summed E-state index contributed by atoms with van der Waals surface area (Å²) in [5.74, 6) is 0.174. The number of ether oxygens (including phenoxy) is 2. The first kappa shape index (κ1) is 24.0. The molecule has 162 valence electrons. The minimum atomic E-state index is -0.501. The predicted octanol–water partition coefficient (Wildman–Crippen LogP) is 6.17. The van der Waals surface area contributed by atoms with Gasteiger partial charge in [-0.05, 0) is 111 Å². The van der Waals surface area contributed by atoms with Crippen LogP contribution in [0.2, 0.25) is 0 Å². The van der Waals surface area contributed by atoms with Crippen molar-refractivity contribution in [3.8, 4) is 17.6 Å². The van der Waals surface area contributed by atoms with Crippen LogP contribution in [0.1, 0.15) is 11.1 Å². The third-order valence-corrected chi connectivity index (χ3v) is 5.85. The first-order chi connectivity index (χ1) is 15.4. The molecule has 0 heterocycles. The van der Waals surface area contributed by atoms with Crippen LogP contribution in [0.5, 0.6) is 11.5 Å². The molecule has 3 aromatic rings. The van der Waals surface area contributed by atoms with Gasteiger partial charge in [-0.3, -0.25) is 4.79 Å². The highest BCUT2D eigenvalue weighted by molar-refractivity contribution is 14.1. The van der Waals surface area contributed by atoms with Gasteiger partial charge in [-0.1, -0.05) is 12.1 Å². The Morgan fingerprint density at radius 3 is 2.44 bits per heavy atom. The molecule has 1 amide bonds. The minimum absolute atomic E-state index is 0.0404. The SMILES string of the molecule is COc1cc(/C=C(\C#N)C(=O)Nc2ccc(I)cc2)cc(I)c1OCc1ccc(F)cc1. The minimum Gasteiger partial charge on any atom is -0.493 e. The molecule has 0 radical (unpaired) electrons. The number of halogens is 3. The molecular weight excluding hydrogens is 637 g/mol. The Kier molecular flexibility index (Phi) is 8.46. The van der Waals surface area contributed by atoms with E-state index in [2.05, 4.69) is 50.5 Å². The highest BCUT2D eigenvalue weighted by atomic mass is 127. The van der Waals surface area contributed by atoms with Gasteiger partial charge in [-0.25, -0.2) is 4.39 Å². The summed E-state index contributed by atoms with van der Waals surface area (Å²) in [5.41, 5.74) is 2.00. The van der Waals surface area contributed by atoms with Crippen molar-refractivity contribution in [3.05, 3.63) is 90.3 Å². The number of hydrogen-bond acceptors (Lipinski definition) is 4. The molecule has 0 aliphatic carbocycles. The van der Waals surface area contributed by atoms with Gasteiger partial charge in [0.1, 0.15) is 24.1 Å². The molecule has 8 heteroatoms. The van der Waals surface area contributed by atoms with Crippen LogP contribution in [0, 0.1) is 24.3 Å². The number of amides is 1. The van der Waals surface area contributed by atoms with Crippen molar-refractivity contribution in [3.63, 3.8) is 0 Å². The first-order valence-electron chi connectivity index (χ1n) is 9.33. The van der Waals surface area contributed by atoms with E-state index in [1.165, 1.54) is 25.3 Å². The summed E-state index contributed by atoms with van der Waals surface area (Å²) in [6.45, 7) is 0.240. The number of methoxy groups -OCH3 is 1. The number of benzene rings is 3. The zero-order chi connectivity index (χ0) is 23.1. The van der Waals surface area contributed by atoms with Crippen LogP contribution in [-0.4, -0.2) is 13.0 Å². The first-order valence-corrected chi connectivity index (χ1v) is 11.5. The maximum absolute atomic E-state index is 13.1. The molecule has 0 aliphatic heterocycles. The zero-order valence-corrected chi connectivity index (χ0v) is 21.2. The van der Waals surface area contributed by atoms with Gasteiger partial charge >= 0.3 is 0 Å². The number of carbonyl (C=O) groups excluding carboxylic acids is 1. The molecule has 3 aromatic carbocycles. The highest BCUT2D eigenvalue weighted by Gasteiger charge is 2.14. The van der Waals surface area contributed by atoms with Crippen molar-refractivity contribution in [1.29, 1.82) is 5.26 Å². The summed E-state index contributed by atoms with van der Waals surface area (Å²) in [7, 11) is 1.51. The van der Waals surface area contributed by atoms with Crippen LogP contribution < -0.4 is 14.8 Å². The topological polar surface area (TPSA) is 71.3 Å². The van der Waals surface area contributed by atoms with Crippen molar-refractivity contribution in [2.45, 2.75) is 6.61 Å². The average molecular weight is 654 g/mol. The molecule has 0 saturated heterocycles. The summed E-state index contributed by atoms with van der Waals surface area (Å²) in [5, 5.41) is 12.2. The van der Waals surface area contributed by atoms with Crippen LogP contribution in [0.4, 0.5) is 10.1 Å². The Labute approximate surface area is 212 Å². The van der Waals surface area contributed by atoms with Crippen LogP contribution in [0.25, 0.3) is 6.08 Å². The molecule has 0 saturated carbocycles. The molecular formula is C24H17FI2N2O3. The Balaban J connectivity index is 1.80. The highest BCUT2D eigenvalue weighted by Crippen LogP contribution is 2.35. The normalized spacial score (nSPS) is 10.9. The van der Waals surface area contributed by atoms with Crippen LogP contribution in [0.3, 0.4) is 0 Å². The van der Waals surface area contributed by atoms with Gasteiger partial charge in [0.2, 0.25) is 0 Å². The number of nitriles is 1. The van der Waals surface area contributed by atoms with E-state index in [0.717, 1.165) is 12.7 Å². The fourth-order valence-electron chi connectivity index (χ4n) is 2.75. The molecule has 0 bridgehead atoms. The van der Waals surface area contributed by atoms with Crippen molar-refractivity contribution in [2.75, 3.05) is 12.4 Å². The lowest BCUT2D eigenvalue weighted by Crippen LogP contribution is -2.13. The lowest BCUT2D eigenvalue weighted by molar-refractivity contribution is -0.112. The van der Waals surface area contributed by atoms with Crippen LogP contribution in [-0.2, 0) is 11.4 Å². The van der Waals surface area contributed by atoms with Gasteiger partial charge < -0.3 is 14.8 Å². The number of rotatable bonds is 7. The maximum Gasteiger partial charge on any atom is 0.266 e. The van der Waals surface area contributed by atoms with Crippen molar-refractivity contribution in [1.82, 2.24) is 0 Å². The number of anilines is 1. The molecule has 0 aliphatic rings. The number of nitrogens with one attached hydrogen (secondary N) is 1. The third-order valence-electron chi connectivity index (χ3n) is 4.33. The van der Waals surface area contributed by atoms with Gasteiger partial charge in [0.05, 0.1) is 10.7 Å². The Hall–Kier alpha value is -2.65. The lowest BCUT2D eigenvalue weighted by Gasteiger charge is -2.14. The van der Waals surface area contributed by atoms with Crippen LogP contribution >= 0.6 is 45.2 Å². The van der Waals surface area contributed by atoms with E-state index in [-0.39, 0.29) is 18.0 Å². The number of hydrogen-bond donors (Lipinski definition) is 1. The van der Waals surface area contributed by atoms with Crippen molar-refractivity contribution >= 4 is 62.9 Å². The van der Waals surface area contributed by atoms with Gasteiger partial charge in [-0.15, -0.1) is 0 Å². The molecule has 0 unspecified atom stereocenters. The summed E-state index contributed by atoms with van der Waals surface area (Å²) in [4.78, 5) is 12.5. The van der Waals surface area contributed by atoms with E-state index in [1.54, 1.807) is 36.4 Å². The molecule has 0 atom stereocenters. The summed E-state index contributed by atoms with van der Waals surface area (Å²) < 4.78 is 26.2. The molecule has 32 heavy (non-hydrogen) atoms. The van der Waals surface area contributed by atoms with E-state index < -0.39 is 5.91 Å². The molecule has 1 N–H and O–H groups in total. The van der Waals surface area contributed by atoms with Gasteiger partial charge in [0, 0.05) is 9.26 Å². The van der Waals surface area contributed by atoms with Crippen LogP contribution in [0.15, 0.2) is 66.2 Å². The van der Waals surface area contributed by atoms with Gasteiger partial charge in [0.15, 0.2) is 11.5 Å². The Morgan fingerprint density at radius 2 is 1.81 bits per heavy atom. The molecule has 5 nitrogen and oxygen atoms in total. The second-order valence-electron chi connectivity index (χ2n) is 6.58. The second kappa shape index (κ2) is 11.3. The van der Waals surface area contributed by atoms with E-state index in [0.29, 0.717) is 22.7 Å². The largest absolute Gasteiger partial charge is 0.493 e. The smallest absolute Gasteiger partial charge is 0.266 e. The fourth-order valence-corrected chi connectivity index (χ4v) is 3.89. The van der Waals surface area contributed by atoms with E-state index in [9.17, 15) is 14.4 Å². The Morgan fingerprint density at radius 1 is 1.12 bits per heavy atom. The summed E-state index contributed by atoms with van der Waals surface area (Å²) >= 11 is 4.28. The molecule has 3 rings (SSSR count). The standard InChI is InChI=1S/C24H17FI2N2O3/c1-31-22-12-16(10-17(13-28)24(30)29-20-8-6-19(26)7-9-20)11-21(27)23(22)32-14-15-2-4-18(25)5-3-15/h2-12H,14H2,1H3,(H,29,30)/b17-10+.